The molecule has 0 N–H and O–H groups in total. The molecule has 4 aromatic rings. The van der Waals surface area contributed by atoms with Gasteiger partial charge in [-0.05, 0) is 87.2 Å². The SMILES string of the molecule is CCCCCOc1ccc(C2c3c(oc4cc(C)c(C)cc4c3=O)C(=O)N2c2ccc(C)cc2)cc1OCC. The van der Waals surface area contributed by atoms with Gasteiger partial charge in [0.1, 0.15) is 5.58 Å². The molecule has 2 heterocycles. The summed E-state index contributed by atoms with van der Waals surface area (Å²) in [6.45, 7) is 11.1. The van der Waals surface area contributed by atoms with Crippen molar-refractivity contribution < 1.29 is 18.7 Å². The number of unbranched alkanes of at least 4 members (excludes halogenated alkanes) is 2. The summed E-state index contributed by atoms with van der Waals surface area (Å²) in [5, 5.41) is 0.473. The molecular weight excluding hydrogens is 490 g/mol. The van der Waals surface area contributed by atoms with Gasteiger partial charge in [0, 0.05) is 5.69 Å². The number of amides is 1. The van der Waals surface area contributed by atoms with E-state index in [9.17, 15) is 9.59 Å². The van der Waals surface area contributed by atoms with Crippen molar-refractivity contribution in [3.8, 4) is 11.5 Å². The molecule has 3 aromatic carbocycles. The number of hydrogen-bond donors (Lipinski definition) is 0. The molecule has 1 amide bonds. The van der Waals surface area contributed by atoms with Gasteiger partial charge in [-0.1, -0.05) is 43.5 Å². The minimum Gasteiger partial charge on any atom is -0.490 e. The highest BCUT2D eigenvalue weighted by Gasteiger charge is 2.44. The molecule has 0 radical (unpaired) electrons. The summed E-state index contributed by atoms with van der Waals surface area (Å²) in [6.07, 6.45) is 3.17. The predicted octanol–water partition coefficient (Wildman–Crippen LogP) is 7.44. The van der Waals surface area contributed by atoms with Gasteiger partial charge in [0.2, 0.25) is 5.76 Å². The van der Waals surface area contributed by atoms with Gasteiger partial charge in [-0.15, -0.1) is 0 Å². The number of anilines is 1. The fraction of sp³-hybridized carbons (Fsp3) is 0.333. The molecule has 6 nitrogen and oxygen atoms in total. The average molecular weight is 526 g/mol. The molecule has 202 valence electrons. The summed E-state index contributed by atoms with van der Waals surface area (Å²) in [5.41, 5.74) is 5.08. The fourth-order valence-electron chi connectivity index (χ4n) is 5.13. The molecule has 1 aromatic heterocycles. The lowest BCUT2D eigenvalue weighted by Crippen LogP contribution is -2.29. The molecule has 1 atom stereocenters. The zero-order chi connectivity index (χ0) is 27.7. The largest absolute Gasteiger partial charge is 0.490 e. The molecular formula is C33H35NO5. The minimum atomic E-state index is -0.675. The van der Waals surface area contributed by atoms with Crippen LogP contribution in [0.5, 0.6) is 11.5 Å². The van der Waals surface area contributed by atoms with Crippen LogP contribution in [-0.2, 0) is 0 Å². The van der Waals surface area contributed by atoms with Gasteiger partial charge >= 0.3 is 0 Å². The Bertz CT molecular complexity index is 1590. The number of rotatable bonds is 9. The third-order valence-corrected chi connectivity index (χ3v) is 7.39. The summed E-state index contributed by atoms with van der Waals surface area (Å²) < 4.78 is 18.2. The van der Waals surface area contributed by atoms with E-state index >= 15 is 0 Å². The Kier molecular flexibility index (Phi) is 7.47. The molecule has 39 heavy (non-hydrogen) atoms. The Balaban J connectivity index is 1.69. The molecule has 0 spiro atoms. The highest BCUT2D eigenvalue weighted by molar-refractivity contribution is 6.10. The van der Waals surface area contributed by atoms with Crippen molar-refractivity contribution in [1.29, 1.82) is 0 Å². The maximum atomic E-state index is 14.0. The lowest BCUT2D eigenvalue weighted by molar-refractivity contribution is 0.0971. The third kappa shape index (κ3) is 4.91. The van der Waals surface area contributed by atoms with Crippen LogP contribution < -0.4 is 19.8 Å². The standard InChI is InChI=1S/C33H35NO5/c1-6-8-9-16-38-26-15-12-23(19-28(26)37-7-2)30-29-31(35)25-17-21(4)22(5)18-27(25)39-32(29)33(36)34(30)24-13-10-20(3)11-14-24/h10-15,17-19,30H,6-9,16H2,1-5H3. The number of aryl methyl sites for hydroxylation is 3. The number of nitrogens with zero attached hydrogens (tertiary/aromatic N) is 1. The minimum absolute atomic E-state index is 0.0826. The molecule has 0 aliphatic carbocycles. The quantitative estimate of drug-likeness (QED) is 0.213. The maximum Gasteiger partial charge on any atom is 0.295 e. The second kappa shape index (κ2) is 11.0. The van der Waals surface area contributed by atoms with Crippen molar-refractivity contribution in [2.75, 3.05) is 18.1 Å². The van der Waals surface area contributed by atoms with Crippen LogP contribution in [0.3, 0.4) is 0 Å². The average Bonchev–Trinajstić information content (AvgIpc) is 3.21. The summed E-state index contributed by atoms with van der Waals surface area (Å²) in [7, 11) is 0. The van der Waals surface area contributed by atoms with Gasteiger partial charge in [0.25, 0.3) is 5.91 Å². The van der Waals surface area contributed by atoms with E-state index in [1.165, 1.54) is 0 Å². The lowest BCUT2D eigenvalue weighted by atomic mass is 9.96. The fourth-order valence-corrected chi connectivity index (χ4v) is 5.13. The predicted molar refractivity (Wildman–Crippen MR) is 154 cm³/mol. The zero-order valence-electron chi connectivity index (χ0n) is 23.3. The second-order valence-electron chi connectivity index (χ2n) is 10.2. The Morgan fingerprint density at radius 3 is 2.31 bits per heavy atom. The Labute approximate surface area is 229 Å². The van der Waals surface area contributed by atoms with Crippen LogP contribution in [0, 0.1) is 20.8 Å². The first-order chi connectivity index (χ1) is 18.8. The van der Waals surface area contributed by atoms with Gasteiger partial charge in [0.05, 0.1) is 30.2 Å². The first kappa shape index (κ1) is 26.5. The second-order valence-corrected chi connectivity index (χ2v) is 10.2. The van der Waals surface area contributed by atoms with Crippen molar-refractivity contribution in [3.63, 3.8) is 0 Å². The number of benzene rings is 3. The number of ether oxygens (including phenoxy) is 2. The smallest absolute Gasteiger partial charge is 0.295 e. The number of fused-ring (bicyclic) bond motifs is 2. The number of hydrogen-bond acceptors (Lipinski definition) is 5. The van der Waals surface area contributed by atoms with E-state index in [0.29, 0.717) is 46.9 Å². The molecule has 1 aliphatic heterocycles. The van der Waals surface area contributed by atoms with Crippen molar-refractivity contribution in [3.05, 3.63) is 98.4 Å². The molecule has 6 heteroatoms. The van der Waals surface area contributed by atoms with E-state index in [1.54, 1.807) is 4.90 Å². The Morgan fingerprint density at radius 1 is 0.846 bits per heavy atom. The van der Waals surface area contributed by atoms with E-state index in [-0.39, 0.29) is 17.1 Å². The van der Waals surface area contributed by atoms with Crippen molar-refractivity contribution in [2.24, 2.45) is 0 Å². The van der Waals surface area contributed by atoms with Gasteiger partial charge in [-0.3, -0.25) is 14.5 Å². The van der Waals surface area contributed by atoms with Gasteiger partial charge in [0.15, 0.2) is 16.9 Å². The third-order valence-electron chi connectivity index (χ3n) is 7.39. The summed E-state index contributed by atoms with van der Waals surface area (Å²) in [6, 6.07) is 16.4. The first-order valence-corrected chi connectivity index (χ1v) is 13.7. The first-order valence-electron chi connectivity index (χ1n) is 13.7. The molecule has 0 saturated carbocycles. The van der Waals surface area contributed by atoms with E-state index in [0.717, 1.165) is 41.5 Å². The lowest BCUT2D eigenvalue weighted by Gasteiger charge is -2.26. The van der Waals surface area contributed by atoms with Crippen LogP contribution in [-0.4, -0.2) is 19.1 Å². The zero-order valence-corrected chi connectivity index (χ0v) is 23.3. The highest BCUT2D eigenvalue weighted by Crippen LogP contribution is 2.43. The summed E-state index contributed by atoms with van der Waals surface area (Å²) in [4.78, 5) is 29.6. The van der Waals surface area contributed by atoms with Crippen LogP contribution >= 0.6 is 0 Å². The molecule has 0 fully saturated rings. The van der Waals surface area contributed by atoms with Crippen LogP contribution in [0.25, 0.3) is 11.0 Å². The van der Waals surface area contributed by atoms with E-state index in [1.807, 2.05) is 82.3 Å². The summed E-state index contributed by atoms with van der Waals surface area (Å²) >= 11 is 0. The number of carbonyl (C=O) groups is 1. The van der Waals surface area contributed by atoms with E-state index in [4.69, 9.17) is 13.9 Å². The van der Waals surface area contributed by atoms with Gasteiger partial charge in [-0.25, -0.2) is 0 Å². The molecule has 1 aliphatic rings. The highest BCUT2D eigenvalue weighted by atomic mass is 16.5. The molecule has 5 rings (SSSR count). The number of carbonyl (C=O) groups excluding carboxylic acids is 1. The maximum absolute atomic E-state index is 14.0. The molecule has 1 unspecified atom stereocenters. The Morgan fingerprint density at radius 2 is 1.59 bits per heavy atom. The van der Waals surface area contributed by atoms with E-state index in [2.05, 4.69) is 6.92 Å². The van der Waals surface area contributed by atoms with Gasteiger partial charge < -0.3 is 13.9 Å². The van der Waals surface area contributed by atoms with Crippen molar-refractivity contribution >= 4 is 22.6 Å². The van der Waals surface area contributed by atoms with Gasteiger partial charge in [-0.2, -0.15) is 0 Å². The Hall–Kier alpha value is -4.06. The molecule has 0 bridgehead atoms. The normalized spacial score (nSPS) is 14.6. The van der Waals surface area contributed by atoms with Crippen LogP contribution in [0.1, 0.15) is 77.5 Å². The van der Waals surface area contributed by atoms with E-state index < -0.39 is 6.04 Å². The van der Waals surface area contributed by atoms with Crippen molar-refractivity contribution in [1.82, 2.24) is 0 Å². The van der Waals surface area contributed by atoms with Crippen molar-refractivity contribution in [2.45, 2.75) is 59.9 Å². The van der Waals surface area contributed by atoms with Crippen LogP contribution in [0.2, 0.25) is 0 Å². The van der Waals surface area contributed by atoms with Crippen LogP contribution in [0.4, 0.5) is 5.69 Å². The monoisotopic (exact) mass is 525 g/mol. The summed E-state index contributed by atoms with van der Waals surface area (Å²) in [5.74, 6) is 0.987. The topological polar surface area (TPSA) is 69.0 Å². The molecule has 0 saturated heterocycles. The van der Waals surface area contributed by atoms with Crippen LogP contribution in [0.15, 0.2) is 63.8 Å².